The maximum atomic E-state index is 13.4. The summed E-state index contributed by atoms with van der Waals surface area (Å²) in [6.45, 7) is 2.23. The number of rotatable bonds is 17. The van der Waals surface area contributed by atoms with Crippen molar-refractivity contribution in [3.8, 4) is 0 Å². The van der Waals surface area contributed by atoms with Crippen LogP contribution in [0.3, 0.4) is 0 Å². The lowest BCUT2D eigenvalue weighted by Crippen LogP contribution is -2.84. The van der Waals surface area contributed by atoms with Crippen LogP contribution in [0.4, 0.5) is 0 Å². The molecule has 43 heavy (non-hydrogen) atoms. The summed E-state index contributed by atoms with van der Waals surface area (Å²) in [5.41, 5.74) is 0. The third-order valence-corrected chi connectivity index (χ3v) is 11.7. The molecule has 7 aliphatic heterocycles. The summed E-state index contributed by atoms with van der Waals surface area (Å²) in [5, 5.41) is 45.9. The minimum atomic E-state index is -3.36. The number of ketones is 1. The van der Waals surface area contributed by atoms with Crippen LogP contribution in [-0.4, -0.2) is 61.1 Å². The SMILES string of the molecule is CCCCCCCCCCCCCCCCCC(=O)C1(O)OP2O[C@]13OOP1OO[C@@]45OP(OC4(O)O1)O[C@]5(O)[C@@]3(O)O2. The standard InChI is InChI=1S/C24H39O16P3/c1-2-3-4-5-6-7-8-9-10-11-12-13-14-15-16-17-18(25)19(26)22-20(27,33-41(32-19)35-22)21(28)23-24(29,37-42(34-21)36-23)38-43(39-30-22)40-31-23/h26-29H,2-17H2,1H3/t19?,20-,21-,22-,23+,24?,41?,42?,43?/m1/s1. The molecule has 0 amide bonds. The second-order valence-corrected chi connectivity index (χ2v) is 14.4. The van der Waals surface area contributed by atoms with Gasteiger partial charge in [-0.25, -0.2) is 9.05 Å². The second-order valence-electron chi connectivity index (χ2n) is 11.5. The zero-order chi connectivity index (χ0) is 30.4. The van der Waals surface area contributed by atoms with Crippen molar-refractivity contribution in [2.24, 2.45) is 0 Å². The number of carbonyl (C=O) groups excluding carboxylic acids is 1. The molecule has 5 bridgehead atoms. The molecule has 7 aliphatic rings. The average molecular weight is 676 g/mol. The van der Waals surface area contributed by atoms with Gasteiger partial charge in [0.05, 0.1) is 0 Å². The van der Waals surface area contributed by atoms with Crippen molar-refractivity contribution in [3.63, 3.8) is 0 Å². The van der Waals surface area contributed by atoms with Gasteiger partial charge in [0.15, 0.2) is 5.78 Å². The van der Waals surface area contributed by atoms with Gasteiger partial charge in [-0.2, -0.15) is 9.78 Å². The normalized spacial score (nSPS) is 45.7. The highest BCUT2D eigenvalue weighted by atomic mass is 31.2. The van der Waals surface area contributed by atoms with Gasteiger partial charge in [0, 0.05) is 6.42 Å². The largest absolute Gasteiger partial charge is 0.396 e. The molecule has 7 rings (SSSR count). The fourth-order valence-corrected chi connectivity index (χ4v) is 9.69. The molecule has 0 aromatic carbocycles. The second kappa shape index (κ2) is 12.8. The van der Waals surface area contributed by atoms with Crippen molar-refractivity contribution in [1.82, 2.24) is 0 Å². The van der Waals surface area contributed by atoms with E-state index in [2.05, 4.69) is 6.92 Å². The van der Waals surface area contributed by atoms with Gasteiger partial charge in [0.1, 0.15) is 0 Å². The summed E-state index contributed by atoms with van der Waals surface area (Å²) in [5.74, 6) is -19.7. The van der Waals surface area contributed by atoms with E-state index >= 15 is 0 Å². The van der Waals surface area contributed by atoms with Crippen LogP contribution in [0.25, 0.3) is 0 Å². The van der Waals surface area contributed by atoms with Crippen molar-refractivity contribution in [1.29, 1.82) is 0 Å². The van der Waals surface area contributed by atoms with Gasteiger partial charge >= 0.3 is 49.1 Å². The van der Waals surface area contributed by atoms with Crippen LogP contribution in [0.15, 0.2) is 0 Å². The van der Waals surface area contributed by atoms with Gasteiger partial charge in [-0.05, 0) is 6.42 Å². The zero-order valence-electron chi connectivity index (χ0n) is 23.8. The lowest BCUT2D eigenvalue weighted by Gasteiger charge is -2.52. The topological polar surface area (TPSA) is 200 Å². The highest BCUT2D eigenvalue weighted by Gasteiger charge is 3.00. The Morgan fingerprint density at radius 3 is 1.56 bits per heavy atom. The Bertz CT molecular complexity index is 1030. The molecule has 4 N–H and O–H groups in total. The molecule has 0 aromatic heterocycles. The minimum Gasteiger partial charge on any atom is -0.356 e. The van der Waals surface area contributed by atoms with Crippen LogP contribution in [0.5, 0.6) is 0 Å². The van der Waals surface area contributed by atoms with Crippen molar-refractivity contribution < 1.29 is 76.0 Å². The first-order valence-corrected chi connectivity index (χ1v) is 18.3. The van der Waals surface area contributed by atoms with E-state index in [0.717, 1.165) is 19.3 Å². The van der Waals surface area contributed by atoms with E-state index in [1.807, 2.05) is 0 Å². The average Bonchev–Trinajstić information content (AvgIpc) is 3.64. The lowest BCUT2D eigenvalue weighted by atomic mass is 9.81. The molecule has 0 aromatic rings. The third kappa shape index (κ3) is 5.18. The number of carbonyl (C=O) groups is 1. The van der Waals surface area contributed by atoms with Gasteiger partial charge in [-0.15, -0.1) is 9.35 Å². The molecule has 2 spiro atoms. The summed E-state index contributed by atoms with van der Waals surface area (Å²) in [7, 11) is -8.15. The molecular formula is C24H39O16P3. The number of fused-ring (bicyclic) bond motifs is 4. The number of Topliss-reactive ketones (excluding diaryl/α,β-unsaturated/α-hetero) is 1. The Morgan fingerprint density at radius 2 is 0.977 bits per heavy atom. The lowest BCUT2D eigenvalue weighted by molar-refractivity contribution is -0.573. The molecular weight excluding hydrogens is 637 g/mol. The number of hydrogen-bond acceptors (Lipinski definition) is 16. The summed E-state index contributed by atoms with van der Waals surface area (Å²) >= 11 is 0. The molecule has 5 unspecified atom stereocenters. The first-order valence-electron chi connectivity index (χ1n) is 15.0. The van der Waals surface area contributed by atoms with Crippen LogP contribution in [0.2, 0.25) is 0 Å². The smallest absolute Gasteiger partial charge is 0.356 e. The van der Waals surface area contributed by atoms with Gasteiger partial charge in [-0.1, -0.05) is 96.8 Å². The maximum Gasteiger partial charge on any atom is 0.396 e. The van der Waals surface area contributed by atoms with E-state index in [4.69, 9.17) is 50.8 Å². The van der Waals surface area contributed by atoms with E-state index in [1.165, 1.54) is 64.2 Å². The van der Waals surface area contributed by atoms with E-state index in [9.17, 15) is 25.2 Å². The molecule has 246 valence electrons. The predicted octanol–water partition coefficient (Wildman–Crippen LogP) is 4.70. The molecule has 7 fully saturated rings. The van der Waals surface area contributed by atoms with Crippen molar-refractivity contribution in [3.05, 3.63) is 0 Å². The Kier molecular flexibility index (Phi) is 9.87. The highest BCUT2D eigenvalue weighted by molar-refractivity contribution is 7.43. The number of aliphatic hydroxyl groups is 4. The van der Waals surface area contributed by atoms with Gasteiger partial charge in [0.2, 0.25) is 0 Å². The fourth-order valence-electron chi connectivity index (χ4n) is 5.94. The molecule has 0 saturated carbocycles. The van der Waals surface area contributed by atoms with E-state index < -0.39 is 66.5 Å². The Hall–Kier alpha value is 0.360. The van der Waals surface area contributed by atoms with Crippen LogP contribution in [-0.2, 0) is 55.6 Å². The van der Waals surface area contributed by atoms with Crippen LogP contribution in [0, 0.1) is 0 Å². The van der Waals surface area contributed by atoms with Crippen molar-refractivity contribution in [2.45, 2.75) is 145 Å². The zero-order valence-corrected chi connectivity index (χ0v) is 26.5. The number of unbranched alkanes of at least 4 members (excludes halogenated alkanes) is 14. The predicted molar refractivity (Wildman–Crippen MR) is 143 cm³/mol. The van der Waals surface area contributed by atoms with Crippen molar-refractivity contribution in [2.75, 3.05) is 0 Å². The molecule has 19 heteroatoms. The Labute approximate surface area is 252 Å². The highest BCUT2D eigenvalue weighted by Crippen LogP contribution is 2.82. The molecule has 0 aliphatic carbocycles. The van der Waals surface area contributed by atoms with Gasteiger partial charge in [-0.3, -0.25) is 27.4 Å². The molecule has 0 radical (unpaired) electrons. The van der Waals surface area contributed by atoms with E-state index in [1.54, 1.807) is 0 Å². The van der Waals surface area contributed by atoms with E-state index in [-0.39, 0.29) is 6.42 Å². The Morgan fingerprint density at radius 1 is 0.535 bits per heavy atom. The van der Waals surface area contributed by atoms with Crippen LogP contribution >= 0.6 is 25.8 Å². The quantitative estimate of drug-likeness (QED) is 0.0938. The molecule has 16 nitrogen and oxygen atoms in total. The summed E-state index contributed by atoms with van der Waals surface area (Å²) in [6.07, 6.45) is 16.9. The monoisotopic (exact) mass is 676 g/mol. The Balaban J connectivity index is 1.00. The first-order chi connectivity index (χ1) is 20.6. The molecule has 7 saturated heterocycles. The number of hydrogen-bond donors (Lipinski definition) is 4. The third-order valence-electron chi connectivity index (χ3n) is 8.45. The van der Waals surface area contributed by atoms with Crippen LogP contribution < -0.4 is 0 Å². The summed E-state index contributed by atoms with van der Waals surface area (Å²) < 4.78 is 47.0. The maximum absolute atomic E-state index is 13.4. The summed E-state index contributed by atoms with van der Waals surface area (Å²) in [6, 6.07) is 0. The van der Waals surface area contributed by atoms with E-state index in [0.29, 0.717) is 12.8 Å². The molecule has 9 atom stereocenters. The fraction of sp³-hybridized carbons (Fsp3) is 0.958. The minimum absolute atomic E-state index is 0.193. The van der Waals surface area contributed by atoms with Crippen molar-refractivity contribution >= 4 is 31.6 Å². The molecule has 7 heterocycles. The van der Waals surface area contributed by atoms with Crippen LogP contribution in [0.1, 0.15) is 110 Å². The van der Waals surface area contributed by atoms with Gasteiger partial charge < -0.3 is 20.4 Å². The van der Waals surface area contributed by atoms with Gasteiger partial charge in [0.25, 0.3) is 11.6 Å². The summed E-state index contributed by atoms with van der Waals surface area (Å²) in [4.78, 5) is 23.7. The first kappa shape index (κ1) is 33.3.